The monoisotopic (exact) mass is 344 g/mol. The fourth-order valence-electron chi connectivity index (χ4n) is 2.45. The third-order valence-corrected chi connectivity index (χ3v) is 4.70. The lowest BCUT2D eigenvalue weighted by Crippen LogP contribution is -2.38. The smallest absolute Gasteiger partial charge is 0.225 e. The van der Waals surface area contributed by atoms with Gasteiger partial charge in [0.2, 0.25) is 11.8 Å². The molecule has 24 heavy (non-hydrogen) atoms. The van der Waals surface area contributed by atoms with Crippen molar-refractivity contribution in [2.24, 2.45) is 0 Å². The molecule has 1 aromatic carbocycles. The van der Waals surface area contributed by atoms with E-state index in [0.717, 1.165) is 10.6 Å². The number of hydrogen-bond donors (Lipinski definition) is 1. The molecule has 2 aromatic rings. The van der Waals surface area contributed by atoms with Gasteiger partial charge in [-0.1, -0.05) is 32.0 Å². The van der Waals surface area contributed by atoms with Gasteiger partial charge in [-0.15, -0.1) is 11.3 Å². The second-order valence-corrected chi connectivity index (χ2v) is 7.06. The van der Waals surface area contributed by atoms with Crippen molar-refractivity contribution >= 4 is 28.8 Å². The van der Waals surface area contributed by atoms with Crippen LogP contribution in [0, 0.1) is 0 Å². The number of nitrogens with one attached hydrogen (secondary N) is 1. The van der Waals surface area contributed by atoms with E-state index in [2.05, 4.69) is 19.2 Å². The molecule has 1 heterocycles. The van der Waals surface area contributed by atoms with E-state index in [9.17, 15) is 9.59 Å². The number of carbonyl (C=O) groups excluding carboxylic acids is 2. The molecule has 0 unspecified atom stereocenters. The molecule has 0 atom stereocenters. The zero-order chi connectivity index (χ0) is 17.5. The predicted octanol–water partition coefficient (Wildman–Crippen LogP) is 3.58. The van der Waals surface area contributed by atoms with Crippen LogP contribution in [0.5, 0.6) is 0 Å². The van der Waals surface area contributed by atoms with Crippen LogP contribution in [0.15, 0.2) is 41.8 Å². The number of rotatable bonds is 7. The van der Waals surface area contributed by atoms with Crippen molar-refractivity contribution in [3.63, 3.8) is 0 Å². The first-order valence-electron chi connectivity index (χ1n) is 8.14. The Kier molecular flexibility index (Phi) is 6.55. The molecule has 0 saturated carbocycles. The Morgan fingerprint density at radius 2 is 1.88 bits per heavy atom. The van der Waals surface area contributed by atoms with Gasteiger partial charge in [0.1, 0.15) is 0 Å². The molecule has 0 aliphatic heterocycles. The van der Waals surface area contributed by atoms with E-state index >= 15 is 0 Å². The first kappa shape index (κ1) is 18.2. The number of benzene rings is 1. The fourth-order valence-corrected chi connectivity index (χ4v) is 3.15. The van der Waals surface area contributed by atoms with E-state index in [4.69, 9.17) is 0 Å². The summed E-state index contributed by atoms with van der Waals surface area (Å²) < 4.78 is 0. The molecule has 2 rings (SSSR count). The lowest BCUT2D eigenvalue weighted by Gasteiger charge is -2.22. The van der Waals surface area contributed by atoms with E-state index in [1.807, 2.05) is 41.8 Å². The summed E-state index contributed by atoms with van der Waals surface area (Å²) in [5, 5.41) is 4.84. The molecule has 0 spiro atoms. The van der Waals surface area contributed by atoms with Crippen LogP contribution in [0.3, 0.4) is 0 Å². The van der Waals surface area contributed by atoms with Gasteiger partial charge in [-0.05, 0) is 35.1 Å². The molecule has 5 heteroatoms. The Balaban J connectivity index is 1.89. The Hall–Kier alpha value is -2.14. The Bertz CT molecular complexity index is 663. The van der Waals surface area contributed by atoms with Gasteiger partial charge in [0, 0.05) is 30.6 Å². The molecule has 1 aromatic heterocycles. The summed E-state index contributed by atoms with van der Waals surface area (Å²) in [5.41, 5.74) is 2.10. The van der Waals surface area contributed by atoms with Crippen molar-refractivity contribution in [1.29, 1.82) is 0 Å². The van der Waals surface area contributed by atoms with Gasteiger partial charge in [0.15, 0.2) is 0 Å². The lowest BCUT2D eigenvalue weighted by molar-refractivity contribution is -0.120. The van der Waals surface area contributed by atoms with Crippen LogP contribution in [-0.2, 0) is 16.0 Å². The van der Waals surface area contributed by atoms with Gasteiger partial charge in [-0.25, -0.2) is 0 Å². The van der Waals surface area contributed by atoms with Crippen molar-refractivity contribution in [2.45, 2.75) is 33.1 Å². The molecule has 128 valence electrons. The number of amides is 2. The van der Waals surface area contributed by atoms with Crippen LogP contribution in [0.2, 0.25) is 0 Å². The van der Waals surface area contributed by atoms with Gasteiger partial charge < -0.3 is 10.2 Å². The van der Waals surface area contributed by atoms with Gasteiger partial charge >= 0.3 is 0 Å². The number of carbonyl (C=O) groups is 2. The van der Waals surface area contributed by atoms with Crippen LogP contribution in [0.1, 0.15) is 37.1 Å². The highest BCUT2D eigenvalue weighted by Gasteiger charge is 2.12. The molecule has 4 nitrogen and oxygen atoms in total. The number of nitrogens with zero attached hydrogens (tertiary/aromatic N) is 1. The van der Waals surface area contributed by atoms with Crippen molar-refractivity contribution in [3.8, 4) is 0 Å². The van der Waals surface area contributed by atoms with E-state index < -0.39 is 0 Å². The van der Waals surface area contributed by atoms with Gasteiger partial charge in [0.25, 0.3) is 0 Å². The van der Waals surface area contributed by atoms with E-state index in [1.165, 1.54) is 5.56 Å². The van der Waals surface area contributed by atoms with E-state index in [-0.39, 0.29) is 11.8 Å². The van der Waals surface area contributed by atoms with Crippen LogP contribution >= 0.6 is 11.3 Å². The minimum Gasteiger partial charge on any atom is -0.354 e. The molecule has 2 amide bonds. The molecule has 0 bridgehead atoms. The van der Waals surface area contributed by atoms with Gasteiger partial charge in [0.05, 0.1) is 6.42 Å². The number of thiophene rings is 1. The average Bonchev–Trinajstić information content (AvgIpc) is 3.04. The normalized spacial score (nSPS) is 10.7. The SMILES string of the molecule is CC(=O)N(CCNC(=O)Cc1cccs1)c1ccc(C(C)C)cc1. The lowest BCUT2D eigenvalue weighted by atomic mass is 10.0. The van der Waals surface area contributed by atoms with Crippen molar-refractivity contribution in [3.05, 3.63) is 52.2 Å². The summed E-state index contributed by atoms with van der Waals surface area (Å²) in [6, 6.07) is 11.9. The highest BCUT2D eigenvalue weighted by molar-refractivity contribution is 7.10. The zero-order valence-corrected chi connectivity index (χ0v) is 15.2. The first-order valence-corrected chi connectivity index (χ1v) is 9.02. The Morgan fingerprint density at radius 1 is 1.17 bits per heavy atom. The Labute approximate surface area is 147 Å². The van der Waals surface area contributed by atoms with E-state index in [0.29, 0.717) is 25.4 Å². The number of anilines is 1. The van der Waals surface area contributed by atoms with Crippen LogP contribution in [-0.4, -0.2) is 24.9 Å². The minimum absolute atomic E-state index is 0.0175. The molecule has 0 saturated heterocycles. The topological polar surface area (TPSA) is 49.4 Å². The first-order chi connectivity index (χ1) is 11.5. The highest BCUT2D eigenvalue weighted by Crippen LogP contribution is 2.20. The maximum Gasteiger partial charge on any atom is 0.225 e. The summed E-state index contributed by atoms with van der Waals surface area (Å²) in [5.74, 6) is 0.414. The summed E-state index contributed by atoms with van der Waals surface area (Å²) >= 11 is 1.57. The van der Waals surface area contributed by atoms with Crippen molar-refractivity contribution in [1.82, 2.24) is 5.32 Å². The molecule has 0 radical (unpaired) electrons. The third kappa shape index (κ3) is 5.20. The van der Waals surface area contributed by atoms with Crippen LogP contribution in [0.4, 0.5) is 5.69 Å². The summed E-state index contributed by atoms with van der Waals surface area (Å²) in [4.78, 5) is 26.6. The largest absolute Gasteiger partial charge is 0.354 e. The average molecular weight is 344 g/mol. The van der Waals surface area contributed by atoms with Gasteiger partial charge in [-0.3, -0.25) is 9.59 Å². The molecule has 1 N–H and O–H groups in total. The zero-order valence-electron chi connectivity index (χ0n) is 14.4. The second-order valence-electron chi connectivity index (χ2n) is 6.02. The summed E-state index contributed by atoms with van der Waals surface area (Å²) in [6.07, 6.45) is 0.390. The second kappa shape index (κ2) is 8.64. The highest BCUT2D eigenvalue weighted by atomic mass is 32.1. The standard InChI is InChI=1S/C19H24N2O2S/c1-14(2)16-6-8-17(9-7-16)21(15(3)22)11-10-20-19(23)13-18-5-4-12-24-18/h4-9,12,14H,10-11,13H2,1-3H3,(H,20,23). The molecular weight excluding hydrogens is 320 g/mol. The third-order valence-electron chi connectivity index (χ3n) is 3.82. The van der Waals surface area contributed by atoms with Crippen LogP contribution < -0.4 is 10.2 Å². The van der Waals surface area contributed by atoms with Crippen molar-refractivity contribution < 1.29 is 9.59 Å². The van der Waals surface area contributed by atoms with Crippen LogP contribution in [0.25, 0.3) is 0 Å². The quantitative estimate of drug-likeness (QED) is 0.834. The summed E-state index contributed by atoms with van der Waals surface area (Å²) in [6.45, 7) is 6.73. The minimum atomic E-state index is -0.0280. The Morgan fingerprint density at radius 3 is 2.42 bits per heavy atom. The van der Waals surface area contributed by atoms with E-state index in [1.54, 1.807) is 23.2 Å². The maximum atomic E-state index is 11.9. The summed E-state index contributed by atoms with van der Waals surface area (Å²) in [7, 11) is 0. The molecule has 0 aliphatic rings. The molecule has 0 aliphatic carbocycles. The predicted molar refractivity (Wildman–Crippen MR) is 99.6 cm³/mol. The fraction of sp³-hybridized carbons (Fsp3) is 0.368. The molecular formula is C19H24N2O2S. The number of hydrogen-bond acceptors (Lipinski definition) is 3. The maximum absolute atomic E-state index is 11.9. The van der Waals surface area contributed by atoms with Crippen molar-refractivity contribution in [2.75, 3.05) is 18.0 Å². The molecule has 0 fully saturated rings. The van der Waals surface area contributed by atoms with Gasteiger partial charge in [-0.2, -0.15) is 0 Å².